The third kappa shape index (κ3) is 2.50. The van der Waals surface area contributed by atoms with Gasteiger partial charge in [-0.2, -0.15) is 5.10 Å². The molecule has 3 rings (SSSR count). The molecule has 3 heteroatoms. The molecule has 0 spiro atoms. The lowest BCUT2D eigenvalue weighted by atomic mass is 10.1. The van der Waals surface area contributed by atoms with Crippen molar-refractivity contribution in [3.05, 3.63) is 65.4 Å². The maximum atomic E-state index is 10.6. The van der Waals surface area contributed by atoms with Crippen molar-refractivity contribution < 1.29 is 5.11 Å². The molecule has 1 heterocycles. The normalized spacial score (nSPS) is 10.9. The van der Waals surface area contributed by atoms with E-state index in [9.17, 15) is 5.11 Å². The lowest BCUT2D eigenvalue weighted by molar-refractivity contribution is 0.471. The van der Waals surface area contributed by atoms with Crippen molar-refractivity contribution in [2.24, 2.45) is 0 Å². The first-order valence-electron chi connectivity index (χ1n) is 7.55. The zero-order valence-corrected chi connectivity index (χ0v) is 13.2. The highest BCUT2D eigenvalue weighted by Crippen LogP contribution is 2.34. The minimum absolute atomic E-state index is 0.271. The molecule has 0 unspecified atom stereocenters. The fourth-order valence-corrected chi connectivity index (χ4v) is 2.61. The Balaban J connectivity index is 2.24. The van der Waals surface area contributed by atoms with Crippen molar-refractivity contribution in [2.75, 3.05) is 0 Å². The molecule has 1 aromatic heterocycles. The van der Waals surface area contributed by atoms with Gasteiger partial charge in [-0.25, -0.2) is 4.68 Å². The molecule has 0 fully saturated rings. The molecule has 112 valence electrons. The van der Waals surface area contributed by atoms with E-state index >= 15 is 0 Å². The summed E-state index contributed by atoms with van der Waals surface area (Å²) in [6.07, 6.45) is 0.698. The molecule has 22 heavy (non-hydrogen) atoms. The Labute approximate surface area is 130 Å². The van der Waals surface area contributed by atoms with Crippen LogP contribution in [0.5, 0.6) is 5.75 Å². The molecule has 3 nitrogen and oxygen atoms in total. The van der Waals surface area contributed by atoms with Crippen molar-refractivity contribution in [1.29, 1.82) is 0 Å². The van der Waals surface area contributed by atoms with Crippen LogP contribution in [0.2, 0.25) is 0 Å². The van der Waals surface area contributed by atoms with E-state index in [1.54, 1.807) is 0 Å². The molecule has 0 atom stereocenters. The highest BCUT2D eigenvalue weighted by atomic mass is 16.3. The second-order valence-electron chi connectivity index (χ2n) is 5.61. The van der Waals surface area contributed by atoms with Gasteiger partial charge in [-0.1, -0.05) is 48.9 Å². The summed E-state index contributed by atoms with van der Waals surface area (Å²) in [5.41, 5.74) is 5.77. The van der Waals surface area contributed by atoms with Gasteiger partial charge < -0.3 is 5.11 Å². The van der Waals surface area contributed by atoms with Crippen molar-refractivity contribution >= 4 is 0 Å². The van der Waals surface area contributed by atoms with Crippen LogP contribution in [0.1, 0.15) is 23.7 Å². The number of hydrogen-bond acceptors (Lipinski definition) is 2. The molecule has 0 bridgehead atoms. The number of nitrogens with zero attached hydrogens (tertiary/aromatic N) is 2. The summed E-state index contributed by atoms with van der Waals surface area (Å²) in [6, 6.07) is 16.3. The molecule has 0 aliphatic rings. The fourth-order valence-electron chi connectivity index (χ4n) is 2.61. The average molecular weight is 292 g/mol. The van der Waals surface area contributed by atoms with Crippen LogP contribution in [0.4, 0.5) is 0 Å². The first-order valence-corrected chi connectivity index (χ1v) is 7.55. The van der Waals surface area contributed by atoms with Crippen molar-refractivity contribution in [1.82, 2.24) is 9.78 Å². The van der Waals surface area contributed by atoms with Crippen LogP contribution in [-0.4, -0.2) is 14.9 Å². The van der Waals surface area contributed by atoms with Gasteiger partial charge in [0, 0.05) is 5.56 Å². The van der Waals surface area contributed by atoms with E-state index < -0.39 is 0 Å². The molecule has 0 radical (unpaired) electrons. The fraction of sp³-hybridized carbons (Fsp3) is 0.211. The first kappa shape index (κ1) is 14.4. The summed E-state index contributed by atoms with van der Waals surface area (Å²) in [5, 5.41) is 15.2. The highest BCUT2D eigenvalue weighted by molar-refractivity contribution is 5.70. The van der Waals surface area contributed by atoms with Crippen LogP contribution in [0, 0.1) is 13.8 Å². The smallest absolute Gasteiger partial charge is 0.165 e. The third-order valence-electron chi connectivity index (χ3n) is 3.84. The minimum Gasteiger partial charge on any atom is -0.504 e. The Morgan fingerprint density at radius 2 is 1.73 bits per heavy atom. The van der Waals surface area contributed by atoms with Gasteiger partial charge in [0.05, 0.1) is 5.69 Å². The van der Waals surface area contributed by atoms with Crippen LogP contribution in [-0.2, 0) is 6.42 Å². The van der Waals surface area contributed by atoms with Crippen LogP contribution < -0.4 is 0 Å². The lowest BCUT2D eigenvalue weighted by Gasteiger charge is -2.09. The third-order valence-corrected chi connectivity index (χ3v) is 3.84. The van der Waals surface area contributed by atoms with E-state index in [-0.39, 0.29) is 5.75 Å². The summed E-state index contributed by atoms with van der Waals surface area (Å²) >= 11 is 0. The van der Waals surface area contributed by atoms with Crippen LogP contribution in [0.15, 0.2) is 48.5 Å². The maximum Gasteiger partial charge on any atom is 0.165 e. The van der Waals surface area contributed by atoms with Crippen LogP contribution >= 0.6 is 0 Å². The number of benzene rings is 2. The standard InChI is InChI=1S/C19H20N2O/c1-4-17-19(22)18(15-10-8-13(2)9-11-15)21(20-17)16-7-5-6-14(3)12-16/h5-12,22H,4H2,1-3H3. The minimum atomic E-state index is 0.271. The molecular formula is C19H20N2O. The van der Waals surface area contributed by atoms with E-state index in [1.165, 1.54) is 11.1 Å². The molecule has 0 aliphatic heterocycles. The zero-order chi connectivity index (χ0) is 15.7. The topological polar surface area (TPSA) is 38.0 Å². The van der Waals surface area contributed by atoms with Gasteiger partial charge in [0.15, 0.2) is 5.75 Å². The van der Waals surface area contributed by atoms with E-state index in [2.05, 4.69) is 31.1 Å². The van der Waals surface area contributed by atoms with E-state index in [1.807, 2.05) is 48.0 Å². The van der Waals surface area contributed by atoms with Crippen LogP contribution in [0.3, 0.4) is 0 Å². The van der Waals surface area contributed by atoms with Crippen molar-refractivity contribution in [3.8, 4) is 22.7 Å². The number of aromatic hydroxyl groups is 1. The Kier molecular flexibility index (Phi) is 3.72. The molecule has 1 N–H and O–H groups in total. The van der Waals surface area contributed by atoms with E-state index in [0.29, 0.717) is 6.42 Å². The second kappa shape index (κ2) is 5.68. The summed E-state index contributed by atoms with van der Waals surface area (Å²) in [6.45, 7) is 6.11. The predicted molar refractivity (Wildman–Crippen MR) is 89.5 cm³/mol. The highest BCUT2D eigenvalue weighted by Gasteiger charge is 2.18. The van der Waals surface area contributed by atoms with E-state index in [4.69, 9.17) is 0 Å². The first-order chi connectivity index (χ1) is 10.6. The summed E-state index contributed by atoms with van der Waals surface area (Å²) < 4.78 is 1.84. The number of hydrogen-bond donors (Lipinski definition) is 1. The van der Waals surface area contributed by atoms with Gasteiger partial charge in [-0.3, -0.25) is 0 Å². The maximum absolute atomic E-state index is 10.6. The largest absolute Gasteiger partial charge is 0.504 e. The van der Waals surface area contributed by atoms with Gasteiger partial charge in [0.1, 0.15) is 11.4 Å². The summed E-state index contributed by atoms with van der Waals surface area (Å²) in [5.74, 6) is 0.271. The van der Waals surface area contributed by atoms with Gasteiger partial charge in [-0.15, -0.1) is 0 Å². The molecule has 0 amide bonds. The second-order valence-corrected chi connectivity index (χ2v) is 5.61. The molecule has 0 saturated heterocycles. The number of aryl methyl sites for hydroxylation is 3. The van der Waals surface area contributed by atoms with Crippen molar-refractivity contribution in [3.63, 3.8) is 0 Å². The van der Waals surface area contributed by atoms with Gasteiger partial charge in [0.25, 0.3) is 0 Å². The monoisotopic (exact) mass is 292 g/mol. The van der Waals surface area contributed by atoms with Crippen molar-refractivity contribution in [2.45, 2.75) is 27.2 Å². The summed E-state index contributed by atoms with van der Waals surface area (Å²) in [7, 11) is 0. The average Bonchev–Trinajstić information content (AvgIpc) is 2.85. The Morgan fingerprint density at radius 3 is 2.36 bits per heavy atom. The summed E-state index contributed by atoms with van der Waals surface area (Å²) in [4.78, 5) is 0. The number of aromatic nitrogens is 2. The van der Waals surface area contributed by atoms with Gasteiger partial charge in [-0.05, 0) is 38.0 Å². The van der Waals surface area contributed by atoms with Crippen LogP contribution in [0.25, 0.3) is 16.9 Å². The Hall–Kier alpha value is -2.55. The van der Waals surface area contributed by atoms with E-state index in [0.717, 1.165) is 22.6 Å². The number of rotatable bonds is 3. The van der Waals surface area contributed by atoms with Gasteiger partial charge in [0.2, 0.25) is 0 Å². The Bertz CT molecular complexity index is 801. The zero-order valence-electron chi connectivity index (χ0n) is 13.2. The quantitative estimate of drug-likeness (QED) is 0.775. The van der Waals surface area contributed by atoms with Gasteiger partial charge >= 0.3 is 0 Å². The predicted octanol–water partition coefficient (Wildman–Crippen LogP) is 4.42. The Morgan fingerprint density at radius 1 is 1.00 bits per heavy atom. The lowest BCUT2D eigenvalue weighted by Crippen LogP contribution is -2.00. The molecule has 0 saturated carbocycles. The molecular weight excluding hydrogens is 272 g/mol. The SMILES string of the molecule is CCc1nn(-c2cccc(C)c2)c(-c2ccc(C)cc2)c1O. The molecule has 2 aromatic carbocycles. The molecule has 3 aromatic rings. The molecule has 0 aliphatic carbocycles.